The zero-order valence-electron chi connectivity index (χ0n) is 21.9. The summed E-state index contributed by atoms with van der Waals surface area (Å²) in [5.41, 5.74) is -0.804. The van der Waals surface area contributed by atoms with Gasteiger partial charge in [-0.2, -0.15) is 26.3 Å². The molecule has 42 heavy (non-hydrogen) atoms. The molecular weight excluding hydrogens is 609 g/mol. The van der Waals surface area contributed by atoms with E-state index in [1.54, 1.807) is 36.4 Å². The lowest BCUT2D eigenvalue weighted by Gasteiger charge is -2.26. The summed E-state index contributed by atoms with van der Waals surface area (Å²) in [6.45, 7) is 3.00. The highest BCUT2D eigenvalue weighted by Crippen LogP contribution is 2.67. The van der Waals surface area contributed by atoms with Crippen LogP contribution in [0.15, 0.2) is 78.2 Å². The fourth-order valence-electron chi connectivity index (χ4n) is 5.68. The molecule has 1 nitrogen and oxygen atoms in total. The highest BCUT2D eigenvalue weighted by molar-refractivity contribution is 7.19. The number of thiazole rings is 1. The molecule has 0 radical (unpaired) electrons. The van der Waals surface area contributed by atoms with E-state index in [0.717, 1.165) is 33.2 Å². The molecule has 10 heteroatoms. The summed E-state index contributed by atoms with van der Waals surface area (Å²) in [5.74, 6) is -15.8. The molecule has 0 bridgehead atoms. The molecule has 3 aromatic heterocycles. The molecule has 212 valence electrons. The Morgan fingerprint density at radius 1 is 0.619 bits per heavy atom. The zero-order chi connectivity index (χ0) is 29.6. The molecule has 0 saturated carbocycles. The van der Waals surface area contributed by atoms with Crippen LogP contribution in [-0.4, -0.2) is 22.8 Å². The molecule has 0 fully saturated rings. The Balaban J connectivity index is 1.46. The third-order valence-electron chi connectivity index (χ3n) is 7.62. The summed E-state index contributed by atoms with van der Waals surface area (Å²) in [6, 6.07) is 21.0. The summed E-state index contributed by atoms with van der Waals surface area (Å²) < 4.78 is 94.2. The largest absolute Gasteiger partial charge is 0.380 e. The van der Waals surface area contributed by atoms with Crippen molar-refractivity contribution in [1.82, 2.24) is 4.98 Å². The minimum absolute atomic E-state index is 0.220. The summed E-state index contributed by atoms with van der Waals surface area (Å²) >= 11 is 3.67. The molecule has 0 amide bonds. The maximum Gasteiger partial charge on any atom is 0.380 e. The van der Waals surface area contributed by atoms with Crippen molar-refractivity contribution < 1.29 is 26.3 Å². The smallest absolute Gasteiger partial charge is 0.236 e. The first kappa shape index (κ1) is 27.4. The van der Waals surface area contributed by atoms with Crippen LogP contribution >= 0.6 is 34.0 Å². The van der Waals surface area contributed by atoms with E-state index in [-0.39, 0.29) is 31.7 Å². The van der Waals surface area contributed by atoms with Crippen molar-refractivity contribution in [3.05, 3.63) is 99.1 Å². The standard InChI is InChI=1S/C32H19F6NS3/c1-16-25(20-10-6-7-11-23(20)41-16)27-28(31(35,36)32(37,38)30(27,33)34)26-17(2)42-24-14-19(12-13-21(24)26)22-15-40-29(39-22)18-8-4-3-5-9-18/h3-15H,1-2H3. The number of allylic oxidation sites excluding steroid dienone is 2. The predicted molar refractivity (Wildman–Crippen MR) is 161 cm³/mol. The van der Waals surface area contributed by atoms with Gasteiger partial charge in [0.05, 0.1) is 5.69 Å². The molecule has 3 aromatic carbocycles. The van der Waals surface area contributed by atoms with Gasteiger partial charge in [-0.15, -0.1) is 34.0 Å². The number of rotatable bonds is 4. The van der Waals surface area contributed by atoms with Gasteiger partial charge in [0.15, 0.2) is 0 Å². The minimum Gasteiger partial charge on any atom is -0.236 e. The van der Waals surface area contributed by atoms with Gasteiger partial charge in [0.1, 0.15) is 5.01 Å². The van der Waals surface area contributed by atoms with E-state index in [2.05, 4.69) is 0 Å². The lowest BCUT2D eigenvalue weighted by Crippen LogP contribution is -2.48. The second-order valence-electron chi connectivity index (χ2n) is 10.2. The molecule has 1 aliphatic rings. The minimum atomic E-state index is -5.62. The van der Waals surface area contributed by atoms with Crippen LogP contribution in [0.3, 0.4) is 0 Å². The molecule has 0 unspecified atom stereocenters. The fourth-order valence-corrected chi connectivity index (χ4v) is 8.69. The van der Waals surface area contributed by atoms with Crippen molar-refractivity contribution in [2.24, 2.45) is 0 Å². The first-order valence-electron chi connectivity index (χ1n) is 12.9. The van der Waals surface area contributed by atoms with Gasteiger partial charge >= 0.3 is 17.8 Å². The Kier molecular flexibility index (Phi) is 6.04. The number of hydrogen-bond acceptors (Lipinski definition) is 4. The van der Waals surface area contributed by atoms with E-state index in [1.165, 1.54) is 31.3 Å². The molecule has 6 aromatic rings. The van der Waals surface area contributed by atoms with E-state index in [0.29, 0.717) is 20.7 Å². The molecule has 7 rings (SSSR count). The third kappa shape index (κ3) is 3.71. The van der Waals surface area contributed by atoms with Gasteiger partial charge in [0.25, 0.3) is 0 Å². The maximum absolute atomic E-state index is 15.7. The number of halogens is 6. The summed E-state index contributed by atoms with van der Waals surface area (Å²) in [6.07, 6.45) is 0. The van der Waals surface area contributed by atoms with Crippen LogP contribution in [0, 0.1) is 13.8 Å². The van der Waals surface area contributed by atoms with Crippen molar-refractivity contribution in [3.63, 3.8) is 0 Å². The highest BCUT2D eigenvalue weighted by atomic mass is 32.1. The van der Waals surface area contributed by atoms with Crippen molar-refractivity contribution in [2.45, 2.75) is 31.6 Å². The van der Waals surface area contributed by atoms with Gasteiger partial charge in [-0.05, 0) is 26.0 Å². The first-order chi connectivity index (χ1) is 19.9. The SMILES string of the molecule is Cc1sc2ccccc2c1C1=C(c2c(C)sc3cc(-c4csc(-c5ccccc5)n4)ccc23)C(F)(F)C(F)(F)C1(F)F. The van der Waals surface area contributed by atoms with Gasteiger partial charge in [-0.1, -0.05) is 60.7 Å². The summed E-state index contributed by atoms with van der Waals surface area (Å²) in [4.78, 5) is 5.23. The van der Waals surface area contributed by atoms with Gasteiger partial charge in [-0.25, -0.2) is 4.98 Å². The van der Waals surface area contributed by atoms with Crippen molar-refractivity contribution in [2.75, 3.05) is 0 Å². The monoisotopic (exact) mass is 627 g/mol. The van der Waals surface area contributed by atoms with Crippen LogP contribution in [0.25, 0.3) is 53.1 Å². The van der Waals surface area contributed by atoms with Crippen LogP contribution < -0.4 is 0 Å². The number of benzene rings is 3. The predicted octanol–water partition coefficient (Wildman–Crippen LogP) is 11.4. The average Bonchev–Trinajstić information content (AvgIpc) is 3.68. The molecule has 0 aliphatic heterocycles. The number of thiophene rings is 2. The Hall–Kier alpha value is -3.47. The van der Waals surface area contributed by atoms with E-state index in [1.807, 2.05) is 35.7 Å². The van der Waals surface area contributed by atoms with Crippen molar-refractivity contribution >= 4 is 65.3 Å². The van der Waals surface area contributed by atoms with Crippen molar-refractivity contribution in [3.8, 4) is 21.8 Å². The molecular formula is C32H19F6NS3. The average molecular weight is 628 g/mol. The second-order valence-corrected chi connectivity index (χ2v) is 13.5. The van der Waals surface area contributed by atoms with Gasteiger partial charge in [0.2, 0.25) is 0 Å². The van der Waals surface area contributed by atoms with Gasteiger partial charge in [0, 0.05) is 68.7 Å². The number of alkyl halides is 6. The van der Waals surface area contributed by atoms with E-state index >= 15 is 26.3 Å². The molecule has 0 saturated heterocycles. The number of hydrogen-bond donors (Lipinski definition) is 0. The van der Waals surface area contributed by atoms with Crippen LogP contribution in [0.5, 0.6) is 0 Å². The molecule has 0 atom stereocenters. The lowest BCUT2D eigenvalue weighted by atomic mass is 9.91. The topological polar surface area (TPSA) is 12.9 Å². The van der Waals surface area contributed by atoms with E-state index in [4.69, 9.17) is 4.98 Å². The lowest BCUT2D eigenvalue weighted by molar-refractivity contribution is -0.254. The van der Waals surface area contributed by atoms with Crippen LogP contribution in [0.4, 0.5) is 26.3 Å². The third-order valence-corrected chi connectivity index (χ3v) is 10.7. The molecule has 0 spiro atoms. The van der Waals surface area contributed by atoms with E-state index in [9.17, 15) is 0 Å². The Labute approximate surface area is 248 Å². The molecule has 3 heterocycles. The number of aryl methyl sites for hydroxylation is 2. The zero-order valence-corrected chi connectivity index (χ0v) is 24.4. The normalized spacial score (nSPS) is 17.5. The molecule has 0 N–H and O–H groups in total. The second kappa shape index (κ2) is 9.26. The summed E-state index contributed by atoms with van der Waals surface area (Å²) in [5, 5.41) is 3.15. The highest BCUT2D eigenvalue weighted by Gasteiger charge is 2.80. The van der Waals surface area contributed by atoms with Crippen LogP contribution in [0.1, 0.15) is 20.9 Å². The van der Waals surface area contributed by atoms with Gasteiger partial charge < -0.3 is 0 Å². The number of aromatic nitrogens is 1. The number of fused-ring (bicyclic) bond motifs is 2. The van der Waals surface area contributed by atoms with Gasteiger partial charge in [-0.3, -0.25) is 0 Å². The fraction of sp³-hybridized carbons (Fsp3) is 0.156. The van der Waals surface area contributed by atoms with Crippen LogP contribution in [-0.2, 0) is 0 Å². The summed E-state index contributed by atoms with van der Waals surface area (Å²) in [7, 11) is 0. The van der Waals surface area contributed by atoms with E-state index < -0.39 is 28.9 Å². The maximum atomic E-state index is 15.7. The molecule has 1 aliphatic carbocycles. The Bertz CT molecular complexity index is 2050. The number of nitrogens with zero attached hydrogens (tertiary/aromatic N) is 1. The Morgan fingerprint density at radius 3 is 1.86 bits per heavy atom. The van der Waals surface area contributed by atoms with Crippen molar-refractivity contribution in [1.29, 1.82) is 0 Å². The Morgan fingerprint density at radius 2 is 1.19 bits per heavy atom. The quantitative estimate of drug-likeness (QED) is 0.177. The van der Waals surface area contributed by atoms with Crippen LogP contribution in [0.2, 0.25) is 0 Å². The first-order valence-corrected chi connectivity index (χ1v) is 15.4.